The van der Waals surface area contributed by atoms with Crippen molar-refractivity contribution < 1.29 is 24.2 Å². The number of benzene rings is 2. The van der Waals surface area contributed by atoms with Crippen molar-refractivity contribution >= 4 is 27.8 Å². The van der Waals surface area contributed by atoms with Crippen LogP contribution in [0.4, 0.5) is 0 Å². The molecule has 1 amide bonds. The van der Waals surface area contributed by atoms with Crippen LogP contribution in [-0.4, -0.2) is 48.2 Å². The highest BCUT2D eigenvalue weighted by molar-refractivity contribution is 9.10. The molecule has 2 aromatic carbocycles. The second kappa shape index (κ2) is 8.33. The number of ether oxygens (including phenoxy) is 2. The zero-order chi connectivity index (χ0) is 18.5. The minimum atomic E-state index is -1.08. The molecule has 1 unspecified atom stereocenters. The minimum Gasteiger partial charge on any atom is -0.507 e. The molecule has 1 aliphatic heterocycles. The highest BCUT2D eigenvalue weighted by Crippen LogP contribution is 2.27. The van der Waals surface area contributed by atoms with Gasteiger partial charge in [-0.1, -0.05) is 46.3 Å². The van der Waals surface area contributed by atoms with Gasteiger partial charge in [0.15, 0.2) is 0 Å². The maximum Gasteiger partial charge on any atom is 0.343 e. The monoisotopic (exact) mass is 419 g/mol. The molecule has 7 heteroatoms. The Morgan fingerprint density at radius 3 is 2.50 bits per heavy atom. The zero-order valence-corrected chi connectivity index (χ0v) is 15.5. The first-order valence-electron chi connectivity index (χ1n) is 8.17. The molecule has 1 heterocycles. The smallest absolute Gasteiger partial charge is 0.343 e. The Labute approximate surface area is 159 Å². The summed E-state index contributed by atoms with van der Waals surface area (Å²) in [5.74, 6) is -1.27. The second-order valence-electron chi connectivity index (χ2n) is 5.80. The summed E-state index contributed by atoms with van der Waals surface area (Å²) in [6.45, 7) is 1.80. The number of phenolic OH excluding ortho intramolecular Hbond substituents is 1. The van der Waals surface area contributed by atoms with Crippen molar-refractivity contribution in [2.45, 2.75) is 6.10 Å². The highest BCUT2D eigenvalue weighted by atomic mass is 79.9. The van der Waals surface area contributed by atoms with Crippen molar-refractivity contribution in [3.05, 3.63) is 64.1 Å². The number of aromatic hydroxyl groups is 1. The summed E-state index contributed by atoms with van der Waals surface area (Å²) in [5, 5.41) is 9.94. The van der Waals surface area contributed by atoms with E-state index in [1.165, 1.54) is 12.1 Å². The van der Waals surface area contributed by atoms with Crippen LogP contribution in [0.2, 0.25) is 0 Å². The molecule has 0 aromatic heterocycles. The van der Waals surface area contributed by atoms with Crippen LogP contribution < -0.4 is 0 Å². The fraction of sp³-hybridized carbons (Fsp3) is 0.263. The van der Waals surface area contributed by atoms with Crippen LogP contribution in [0, 0.1) is 0 Å². The van der Waals surface area contributed by atoms with Crippen LogP contribution in [0.25, 0.3) is 0 Å². The van der Waals surface area contributed by atoms with Gasteiger partial charge in [0.25, 0.3) is 5.91 Å². The average Bonchev–Trinajstić information content (AvgIpc) is 2.68. The molecule has 0 spiro atoms. The van der Waals surface area contributed by atoms with E-state index in [4.69, 9.17) is 9.47 Å². The van der Waals surface area contributed by atoms with Gasteiger partial charge in [0.2, 0.25) is 6.10 Å². The van der Waals surface area contributed by atoms with Gasteiger partial charge in [-0.15, -0.1) is 0 Å². The van der Waals surface area contributed by atoms with Crippen molar-refractivity contribution in [3.8, 4) is 5.75 Å². The Morgan fingerprint density at radius 1 is 1.12 bits per heavy atom. The zero-order valence-electron chi connectivity index (χ0n) is 13.9. The van der Waals surface area contributed by atoms with E-state index < -0.39 is 12.1 Å². The molecule has 1 atom stereocenters. The van der Waals surface area contributed by atoms with Gasteiger partial charge in [0, 0.05) is 23.1 Å². The third-order valence-electron chi connectivity index (χ3n) is 4.05. The van der Waals surface area contributed by atoms with Crippen molar-refractivity contribution in [3.63, 3.8) is 0 Å². The molecule has 26 heavy (non-hydrogen) atoms. The van der Waals surface area contributed by atoms with Crippen molar-refractivity contribution in [2.24, 2.45) is 0 Å². The molecule has 0 aliphatic carbocycles. The van der Waals surface area contributed by atoms with Crippen LogP contribution in [0.3, 0.4) is 0 Å². The largest absolute Gasteiger partial charge is 0.507 e. The van der Waals surface area contributed by atoms with Crippen molar-refractivity contribution in [2.75, 3.05) is 26.3 Å². The molecule has 1 N–H and O–H groups in total. The van der Waals surface area contributed by atoms with E-state index in [1.54, 1.807) is 35.2 Å². The van der Waals surface area contributed by atoms with Crippen molar-refractivity contribution in [1.29, 1.82) is 0 Å². The lowest BCUT2D eigenvalue weighted by atomic mass is 10.1. The molecule has 1 saturated heterocycles. The SMILES string of the molecule is O=C(OC(C(=O)N1CCOCC1)c1ccccc1)c1cc(Br)ccc1O. The molecule has 0 bridgehead atoms. The third kappa shape index (κ3) is 4.23. The first-order valence-corrected chi connectivity index (χ1v) is 8.96. The number of amides is 1. The molecular weight excluding hydrogens is 402 g/mol. The fourth-order valence-corrected chi connectivity index (χ4v) is 3.04. The lowest BCUT2D eigenvalue weighted by Crippen LogP contribution is -2.44. The molecule has 0 radical (unpaired) electrons. The van der Waals surface area contributed by atoms with Gasteiger partial charge < -0.3 is 19.5 Å². The fourth-order valence-electron chi connectivity index (χ4n) is 2.68. The summed E-state index contributed by atoms with van der Waals surface area (Å²) in [6, 6.07) is 13.3. The Morgan fingerprint density at radius 2 is 1.81 bits per heavy atom. The minimum absolute atomic E-state index is 0.00455. The van der Waals surface area contributed by atoms with Gasteiger partial charge in [-0.2, -0.15) is 0 Å². The summed E-state index contributed by atoms with van der Waals surface area (Å²) >= 11 is 3.26. The molecule has 136 valence electrons. The van der Waals surface area contributed by atoms with Gasteiger partial charge in [-0.3, -0.25) is 4.79 Å². The van der Waals surface area contributed by atoms with E-state index in [9.17, 15) is 14.7 Å². The van der Waals surface area contributed by atoms with Gasteiger partial charge in [-0.25, -0.2) is 4.79 Å². The molecule has 6 nitrogen and oxygen atoms in total. The van der Waals surface area contributed by atoms with E-state index in [-0.39, 0.29) is 17.2 Å². The second-order valence-corrected chi connectivity index (χ2v) is 6.71. The van der Waals surface area contributed by atoms with Crippen molar-refractivity contribution in [1.82, 2.24) is 4.90 Å². The van der Waals surface area contributed by atoms with Crippen LogP contribution in [0.15, 0.2) is 53.0 Å². The molecule has 2 aromatic rings. The Bertz CT molecular complexity index is 790. The van der Waals surface area contributed by atoms with Gasteiger partial charge in [-0.05, 0) is 18.2 Å². The maximum atomic E-state index is 12.9. The predicted octanol–water partition coefficient (Wildman–Crippen LogP) is 2.91. The van der Waals surface area contributed by atoms with Gasteiger partial charge in [0.05, 0.1) is 13.2 Å². The summed E-state index contributed by atoms with van der Waals surface area (Å²) < 4.78 is 11.4. The average molecular weight is 420 g/mol. The number of nitrogens with zero attached hydrogens (tertiary/aromatic N) is 1. The third-order valence-corrected chi connectivity index (χ3v) is 4.55. The van der Waals surface area contributed by atoms with Crippen LogP contribution in [0.5, 0.6) is 5.75 Å². The first kappa shape index (κ1) is 18.4. The van der Waals surface area contributed by atoms with E-state index >= 15 is 0 Å². The van der Waals surface area contributed by atoms with E-state index in [0.717, 1.165) is 0 Å². The van der Waals surface area contributed by atoms with E-state index in [0.29, 0.717) is 36.3 Å². The number of halogens is 1. The normalized spacial score (nSPS) is 15.3. The number of esters is 1. The molecule has 3 rings (SSSR count). The van der Waals surface area contributed by atoms with Crippen LogP contribution >= 0.6 is 15.9 Å². The number of rotatable bonds is 4. The number of carbonyl (C=O) groups is 2. The molecular formula is C19H18BrNO5. The summed E-state index contributed by atoms with van der Waals surface area (Å²) in [4.78, 5) is 27.1. The molecule has 0 saturated carbocycles. The van der Waals surface area contributed by atoms with E-state index in [1.807, 2.05) is 6.07 Å². The lowest BCUT2D eigenvalue weighted by molar-refractivity contribution is -0.145. The number of morpholine rings is 1. The Hall–Kier alpha value is -2.38. The van der Waals surface area contributed by atoms with E-state index in [2.05, 4.69) is 15.9 Å². The Kier molecular flexibility index (Phi) is 5.90. The maximum absolute atomic E-state index is 12.9. The number of carbonyl (C=O) groups excluding carboxylic acids is 2. The predicted molar refractivity (Wildman–Crippen MR) is 97.8 cm³/mol. The number of hydrogen-bond donors (Lipinski definition) is 1. The summed E-state index contributed by atoms with van der Waals surface area (Å²) in [6.07, 6.45) is -1.08. The standard InChI is InChI=1S/C19H18BrNO5/c20-14-6-7-16(22)15(12-14)19(24)26-17(13-4-2-1-3-5-13)18(23)21-8-10-25-11-9-21/h1-7,12,17,22H,8-11H2. The Balaban J connectivity index is 1.87. The quantitative estimate of drug-likeness (QED) is 0.770. The van der Waals surface area contributed by atoms with Crippen LogP contribution in [-0.2, 0) is 14.3 Å². The number of phenols is 1. The highest BCUT2D eigenvalue weighted by Gasteiger charge is 2.31. The van der Waals surface area contributed by atoms with Gasteiger partial charge >= 0.3 is 5.97 Å². The summed E-state index contributed by atoms with van der Waals surface area (Å²) in [5.41, 5.74) is 0.571. The first-order chi connectivity index (χ1) is 12.6. The van der Waals surface area contributed by atoms with Crippen LogP contribution in [0.1, 0.15) is 22.0 Å². The topological polar surface area (TPSA) is 76.1 Å². The number of hydrogen-bond acceptors (Lipinski definition) is 5. The molecule has 1 fully saturated rings. The molecule has 1 aliphatic rings. The summed E-state index contributed by atoms with van der Waals surface area (Å²) in [7, 11) is 0. The lowest BCUT2D eigenvalue weighted by Gasteiger charge is -2.30. The van der Waals surface area contributed by atoms with Gasteiger partial charge in [0.1, 0.15) is 11.3 Å².